The zero-order valence-electron chi connectivity index (χ0n) is 10.1. The number of nitrogens with two attached hydrogens (primary N) is 1. The summed E-state index contributed by atoms with van der Waals surface area (Å²) >= 11 is 0. The van der Waals surface area contributed by atoms with Crippen LogP contribution >= 0.6 is 0 Å². The first-order chi connectivity index (χ1) is 8.66. The summed E-state index contributed by atoms with van der Waals surface area (Å²) in [6.45, 7) is 0.732. The summed E-state index contributed by atoms with van der Waals surface area (Å²) in [4.78, 5) is 12.1. The Hall–Kier alpha value is -1.83. The number of rotatable bonds is 1. The van der Waals surface area contributed by atoms with Crippen LogP contribution in [0.25, 0.3) is 11.2 Å². The fourth-order valence-corrected chi connectivity index (χ4v) is 2.36. The third-order valence-electron chi connectivity index (χ3n) is 3.17. The van der Waals surface area contributed by atoms with Gasteiger partial charge < -0.3 is 15.6 Å². The molecule has 0 aliphatic carbocycles. The van der Waals surface area contributed by atoms with Crippen molar-refractivity contribution >= 4 is 30.6 Å². The maximum absolute atomic E-state index is 9.46. The molecule has 1 fully saturated rings. The van der Waals surface area contributed by atoms with Crippen LogP contribution < -0.4 is 11.5 Å². The van der Waals surface area contributed by atoms with E-state index < -0.39 is 0 Å². The van der Waals surface area contributed by atoms with E-state index in [2.05, 4.69) is 15.0 Å². The first-order valence-corrected chi connectivity index (χ1v) is 5.99. The molecule has 1 saturated heterocycles. The van der Waals surface area contributed by atoms with Crippen molar-refractivity contribution in [3.63, 3.8) is 0 Å². The van der Waals surface area contributed by atoms with Crippen molar-refractivity contribution in [2.75, 3.05) is 12.3 Å². The highest BCUT2D eigenvalue weighted by atomic mass is 16.5. The second-order valence-corrected chi connectivity index (χ2v) is 4.43. The van der Waals surface area contributed by atoms with Crippen LogP contribution in [0.5, 0.6) is 6.01 Å². The summed E-state index contributed by atoms with van der Waals surface area (Å²) in [7, 11) is 1.87. The van der Waals surface area contributed by atoms with Crippen molar-refractivity contribution in [3.8, 4) is 6.01 Å². The van der Waals surface area contributed by atoms with Gasteiger partial charge in [0.1, 0.15) is 11.7 Å². The van der Waals surface area contributed by atoms with Gasteiger partial charge in [0.15, 0.2) is 19.3 Å². The number of anilines is 1. The van der Waals surface area contributed by atoms with Crippen molar-refractivity contribution in [1.29, 1.82) is 0 Å². The predicted octanol–water partition coefficient (Wildman–Crippen LogP) is -0.928. The maximum Gasteiger partial charge on any atom is 0.317 e. The molecule has 0 amide bonds. The predicted molar refractivity (Wildman–Crippen MR) is 68.4 cm³/mol. The number of hydrogen-bond donors (Lipinski definition) is 2. The van der Waals surface area contributed by atoms with Gasteiger partial charge in [-0.15, -0.1) is 0 Å². The van der Waals surface area contributed by atoms with Gasteiger partial charge in [0.2, 0.25) is 0 Å². The molecule has 1 aliphatic rings. The number of nitrogen functional groups attached to an aromatic ring is 1. The Kier molecular flexibility index (Phi) is 2.59. The van der Waals surface area contributed by atoms with Crippen molar-refractivity contribution < 1.29 is 9.84 Å². The number of ether oxygens (including phenoxy) is 1. The molecule has 0 aromatic carbocycles. The maximum atomic E-state index is 9.46. The average Bonchev–Trinajstić information content (AvgIpc) is 2.67. The monoisotopic (exact) mass is 247 g/mol. The largest absolute Gasteiger partial charge is 0.479 e. The Morgan fingerprint density at radius 3 is 2.89 bits per heavy atom. The Bertz CT molecular complexity index is 593. The minimum atomic E-state index is -0.336. The summed E-state index contributed by atoms with van der Waals surface area (Å²) < 4.78 is 7.61. The van der Waals surface area contributed by atoms with Crippen LogP contribution in [0.15, 0.2) is 0 Å². The molecule has 0 saturated carbocycles. The van der Waals surface area contributed by atoms with Crippen LogP contribution in [0.2, 0.25) is 0 Å². The molecule has 1 atom stereocenters. The summed E-state index contributed by atoms with van der Waals surface area (Å²) in [6.07, 6.45) is 3.01. The zero-order valence-corrected chi connectivity index (χ0v) is 10.1. The Morgan fingerprint density at radius 2 is 2.17 bits per heavy atom. The fourth-order valence-electron chi connectivity index (χ4n) is 2.36. The normalized spacial score (nSPS) is 20.3. The minimum Gasteiger partial charge on any atom is -0.479 e. The van der Waals surface area contributed by atoms with Gasteiger partial charge in [-0.05, 0) is 19.3 Å². The van der Waals surface area contributed by atoms with E-state index in [4.69, 9.17) is 10.5 Å². The molecule has 1 aliphatic heterocycles. The summed E-state index contributed by atoms with van der Waals surface area (Å²) in [5.74, 6) is 0.190. The highest BCUT2D eigenvalue weighted by Crippen LogP contribution is 2.26. The summed E-state index contributed by atoms with van der Waals surface area (Å²) in [5.41, 5.74) is 7.55. The topological polar surface area (TPSA) is 99.1 Å². The van der Waals surface area contributed by atoms with Crippen molar-refractivity contribution in [2.24, 2.45) is 0 Å². The molecule has 3 heterocycles. The van der Waals surface area contributed by atoms with Gasteiger partial charge in [-0.1, -0.05) is 0 Å². The molecule has 18 heavy (non-hydrogen) atoms. The lowest BCUT2D eigenvalue weighted by atomic mass is 10.1. The molecule has 1 unspecified atom stereocenters. The van der Waals surface area contributed by atoms with Crippen LogP contribution in [0.4, 0.5) is 5.82 Å². The lowest BCUT2D eigenvalue weighted by Gasteiger charge is -2.25. The molecular formula is C10H14BN5O2. The van der Waals surface area contributed by atoms with E-state index in [1.807, 2.05) is 12.4 Å². The van der Waals surface area contributed by atoms with E-state index >= 15 is 0 Å². The molecule has 8 heteroatoms. The van der Waals surface area contributed by atoms with Crippen LogP contribution in [-0.4, -0.2) is 39.1 Å². The van der Waals surface area contributed by atoms with Crippen molar-refractivity contribution in [1.82, 2.24) is 19.5 Å². The molecule has 94 valence electrons. The smallest absolute Gasteiger partial charge is 0.317 e. The molecule has 0 radical (unpaired) electrons. The molecule has 2 aromatic rings. The number of nitrogens with zero attached hydrogens (tertiary/aromatic N) is 4. The van der Waals surface area contributed by atoms with Crippen LogP contribution in [-0.2, 0) is 4.74 Å². The number of aromatic nitrogens is 4. The molecule has 3 rings (SSSR count). The van der Waals surface area contributed by atoms with Gasteiger partial charge in [-0.3, -0.25) is 4.57 Å². The molecule has 0 spiro atoms. The second kappa shape index (κ2) is 4.13. The third kappa shape index (κ3) is 1.69. The molecule has 2 aromatic heterocycles. The number of fused-ring (bicyclic) bond motifs is 1. The van der Waals surface area contributed by atoms with E-state index in [-0.39, 0.29) is 18.1 Å². The van der Waals surface area contributed by atoms with Gasteiger partial charge in [-0.2, -0.15) is 9.97 Å². The zero-order chi connectivity index (χ0) is 12.7. The first-order valence-electron chi connectivity index (χ1n) is 5.99. The van der Waals surface area contributed by atoms with Crippen LogP contribution in [0.3, 0.4) is 0 Å². The van der Waals surface area contributed by atoms with Crippen LogP contribution in [0, 0.1) is 0 Å². The highest BCUT2D eigenvalue weighted by molar-refractivity contribution is 6.30. The highest BCUT2D eigenvalue weighted by Gasteiger charge is 2.22. The Morgan fingerprint density at radius 1 is 1.33 bits per heavy atom. The van der Waals surface area contributed by atoms with Crippen LogP contribution in [0.1, 0.15) is 25.5 Å². The van der Waals surface area contributed by atoms with E-state index in [1.165, 1.54) is 0 Å². The summed E-state index contributed by atoms with van der Waals surface area (Å²) in [6, 6.07) is -0.336. The lowest BCUT2D eigenvalue weighted by Crippen LogP contribution is -2.28. The van der Waals surface area contributed by atoms with Gasteiger partial charge in [0.25, 0.3) is 0 Å². The number of aromatic hydroxyl groups is 1. The SMILES string of the molecule is Bc1nc2c(N)nc(O)nc2n1C1CCCCO1. The standard InChI is InChI=1S/C10H14BN5O2/c11-9-13-6-7(12)14-10(17)15-8(6)16(9)5-3-1-2-4-18-5/h5H,1-4,11H2,(H3,12,14,15,17). The van der Waals surface area contributed by atoms with E-state index in [0.717, 1.165) is 31.6 Å². The van der Waals surface area contributed by atoms with E-state index in [0.29, 0.717) is 11.2 Å². The summed E-state index contributed by atoms with van der Waals surface area (Å²) in [5, 5.41) is 9.46. The molecule has 0 bridgehead atoms. The van der Waals surface area contributed by atoms with Gasteiger partial charge >= 0.3 is 6.01 Å². The third-order valence-corrected chi connectivity index (χ3v) is 3.17. The van der Waals surface area contributed by atoms with Gasteiger partial charge in [0, 0.05) is 6.61 Å². The Balaban J connectivity index is 2.18. The van der Waals surface area contributed by atoms with E-state index in [1.54, 1.807) is 0 Å². The van der Waals surface area contributed by atoms with Crippen molar-refractivity contribution in [3.05, 3.63) is 0 Å². The quantitative estimate of drug-likeness (QED) is 0.632. The average molecular weight is 247 g/mol. The first kappa shape index (κ1) is 11.3. The molecule has 7 nitrogen and oxygen atoms in total. The van der Waals surface area contributed by atoms with Crippen molar-refractivity contribution in [2.45, 2.75) is 25.5 Å². The number of hydrogen-bond acceptors (Lipinski definition) is 6. The molecular weight excluding hydrogens is 233 g/mol. The Labute approximate surface area is 104 Å². The number of imidazole rings is 1. The molecule has 3 N–H and O–H groups in total. The fraction of sp³-hybridized carbons (Fsp3) is 0.500. The van der Waals surface area contributed by atoms with Gasteiger partial charge in [0.05, 0.1) is 5.72 Å². The second-order valence-electron chi connectivity index (χ2n) is 4.43. The van der Waals surface area contributed by atoms with E-state index in [9.17, 15) is 5.11 Å². The minimum absolute atomic E-state index is 0.0857. The van der Waals surface area contributed by atoms with Gasteiger partial charge in [-0.25, -0.2) is 4.98 Å². The lowest BCUT2D eigenvalue weighted by molar-refractivity contribution is -0.0279.